The molecule has 8 bridgehead atoms. The topological polar surface area (TPSA) is 290 Å². The van der Waals surface area contributed by atoms with Gasteiger partial charge in [0, 0.05) is 69.0 Å². The van der Waals surface area contributed by atoms with Crippen LogP contribution in [0.5, 0.6) is 0 Å². The summed E-state index contributed by atoms with van der Waals surface area (Å²) < 4.78 is 125. The third kappa shape index (κ3) is 11.2. The molecule has 4 saturated carbocycles. The molecule has 3 aromatic heterocycles. The van der Waals surface area contributed by atoms with E-state index >= 15 is 0 Å². The van der Waals surface area contributed by atoms with Gasteiger partial charge in [-0.05, 0) is 121 Å². The number of hydrogen-bond acceptors (Lipinski definition) is 14. The van der Waals surface area contributed by atoms with Gasteiger partial charge in [-0.25, -0.2) is 62.5 Å². The predicted molar refractivity (Wildman–Crippen MR) is 303 cm³/mol. The van der Waals surface area contributed by atoms with Crippen LogP contribution in [0.25, 0.3) is 89.7 Å². The molecular formula is C56H60CuN12O8S4. The monoisotopic (exact) mass is 1220 g/mol. The fourth-order valence-electron chi connectivity index (χ4n) is 12.3. The van der Waals surface area contributed by atoms with E-state index in [0.29, 0.717) is 43.8 Å². The number of benzene rings is 4. The molecule has 6 aliphatic rings. The summed E-state index contributed by atoms with van der Waals surface area (Å²) in [4.78, 5) is 39.8. The number of aromatic nitrogens is 8. The van der Waals surface area contributed by atoms with Gasteiger partial charge in [-0.2, -0.15) is 0 Å². The second-order valence-electron chi connectivity index (χ2n) is 22.1. The van der Waals surface area contributed by atoms with Crippen molar-refractivity contribution >= 4 is 84.2 Å². The first-order chi connectivity index (χ1) is 38.5. The second kappa shape index (κ2) is 22.2. The van der Waals surface area contributed by atoms with Gasteiger partial charge in [0.2, 0.25) is 40.1 Å². The van der Waals surface area contributed by atoms with Crippen molar-refractivity contribution in [2.45, 2.75) is 172 Å². The minimum Gasteiger partial charge on any atom is -0.357 e. The molecular weight excluding hydrogens is 1160 g/mol. The third-order valence-corrected chi connectivity index (χ3v) is 22.6. The van der Waals surface area contributed by atoms with Crippen molar-refractivity contribution in [3.05, 3.63) is 72.8 Å². The quantitative estimate of drug-likeness (QED) is 0.0833. The molecule has 0 saturated heterocycles. The first-order valence-electron chi connectivity index (χ1n) is 27.9. The van der Waals surface area contributed by atoms with Crippen LogP contribution < -0.4 is 28.9 Å². The van der Waals surface area contributed by atoms with E-state index in [4.69, 9.17) is 39.9 Å². The Morgan fingerprint density at radius 1 is 0.309 bits per heavy atom. The average Bonchev–Trinajstić information content (AvgIpc) is 4.23. The van der Waals surface area contributed by atoms with Gasteiger partial charge < -0.3 is 29.9 Å². The second-order valence-corrected chi connectivity index (χ2v) is 29.0. The van der Waals surface area contributed by atoms with Gasteiger partial charge in [0.1, 0.15) is 0 Å². The summed E-state index contributed by atoms with van der Waals surface area (Å²) in [6, 6.07) is 17.5. The molecule has 4 aliphatic carbocycles. The van der Waals surface area contributed by atoms with E-state index in [9.17, 15) is 33.7 Å². The van der Waals surface area contributed by atoms with Crippen LogP contribution in [0.4, 0.5) is 0 Å². The normalized spacial score (nSPS) is 18.2. The van der Waals surface area contributed by atoms with E-state index in [1.807, 2.05) is 0 Å². The van der Waals surface area contributed by atoms with Crippen LogP contribution in [0.15, 0.2) is 92.4 Å². The number of nitrogens with zero attached hydrogens (tertiary/aromatic N) is 8. The first-order valence-corrected chi connectivity index (χ1v) is 33.8. The van der Waals surface area contributed by atoms with Crippen LogP contribution in [0.2, 0.25) is 0 Å². The van der Waals surface area contributed by atoms with Crippen molar-refractivity contribution in [3.63, 3.8) is 0 Å². The van der Waals surface area contributed by atoms with Crippen molar-refractivity contribution in [3.8, 4) is 45.6 Å². The maximum absolute atomic E-state index is 14.1. The van der Waals surface area contributed by atoms with Gasteiger partial charge in [0.15, 0.2) is 0 Å². The molecule has 0 unspecified atom stereocenters. The summed E-state index contributed by atoms with van der Waals surface area (Å²) >= 11 is 0. The number of fused-ring (bicyclic) bond motifs is 20. The van der Waals surface area contributed by atoms with Crippen molar-refractivity contribution < 1.29 is 50.7 Å². The fraction of sp³-hybridized carbons (Fsp3) is 0.429. The van der Waals surface area contributed by atoms with E-state index in [1.165, 1.54) is 48.5 Å². The maximum Gasteiger partial charge on any atom is 2.00 e. The van der Waals surface area contributed by atoms with Gasteiger partial charge in [-0.3, -0.25) is 0 Å². The summed E-state index contributed by atoms with van der Waals surface area (Å²) in [7, 11) is -16.2. The van der Waals surface area contributed by atoms with Crippen molar-refractivity contribution in [1.29, 1.82) is 0 Å². The Labute approximate surface area is 481 Å². The summed E-state index contributed by atoms with van der Waals surface area (Å²) in [5.74, 6) is 0.240. The molecule has 0 atom stereocenters. The molecule has 2 aliphatic heterocycles. The fourth-order valence-corrected chi connectivity index (χ4v) is 17.6. The van der Waals surface area contributed by atoms with E-state index in [0.717, 1.165) is 128 Å². The van der Waals surface area contributed by atoms with Gasteiger partial charge in [0.05, 0.1) is 42.9 Å². The molecule has 4 fully saturated rings. The summed E-state index contributed by atoms with van der Waals surface area (Å²) in [5.41, 5.74) is 1.65. The van der Waals surface area contributed by atoms with Gasteiger partial charge >= 0.3 is 17.1 Å². The number of rotatable bonds is 12. The van der Waals surface area contributed by atoms with E-state index in [2.05, 4.69) is 18.9 Å². The smallest absolute Gasteiger partial charge is 0.357 e. The molecule has 0 amide bonds. The first kappa shape index (κ1) is 55.9. The Morgan fingerprint density at radius 3 is 0.877 bits per heavy atom. The summed E-state index contributed by atoms with van der Waals surface area (Å²) in [6.07, 6.45) is 17.2. The molecule has 0 spiro atoms. The number of nitrogens with one attached hydrogen (secondary N) is 4. The van der Waals surface area contributed by atoms with Crippen LogP contribution in [-0.2, 0) is 57.2 Å². The van der Waals surface area contributed by atoms with Crippen LogP contribution >= 0.6 is 0 Å². The molecule has 20 nitrogen and oxygen atoms in total. The van der Waals surface area contributed by atoms with Crippen LogP contribution in [0.1, 0.15) is 128 Å². The molecule has 81 heavy (non-hydrogen) atoms. The number of sulfonamides is 4. The minimum absolute atomic E-state index is 0. The van der Waals surface area contributed by atoms with Crippen molar-refractivity contribution in [1.82, 2.24) is 58.8 Å². The van der Waals surface area contributed by atoms with Crippen LogP contribution in [0, 0.1) is 0 Å². The standard InChI is InChI=1S/C56H60N12O8S4.Cu/c69-77(70,65-33-13-5-1-6-14-33)37-21-25-41-45(29-37)53-57-49(41)62-54-47-31-39(79(73,74)67-35-17-9-3-10-18-35)23-27-43(47)51(59-54)64-56-48-32-40(80(75,76)68-36-19-11-4-12-20-36)24-28-44(48)52(60-56)63-55-46-30-38(22-26-42(46)50(58-55)61-53)78(71,72)66-34-15-7-2-8-16-34;/h21-36,65-68H,1-20H2;/q-2;+2. The predicted octanol–water partition coefficient (Wildman–Crippen LogP) is 8.57. The molecule has 25 heteroatoms. The zero-order valence-corrected chi connectivity index (χ0v) is 48.4. The Kier molecular flexibility index (Phi) is 15.3. The SMILES string of the molecule is O=S(=O)(NC1CCCCC1)c1ccc2c(c1)-c1nc-2nc2[n-]c(nc3nc(nc4[n-]c(n1)c1ccc(S(=O)(=O)NC5CCCCC5)cc41)-c1ccc(S(=O)(=O)NC4CCCCC4)cc1-3)c1ccc(S(=O)(=O)NC3CCCCC3)cc21.[Cu+2]. The number of hydrogen-bond donors (Lipinski definition) is 4. The summed E-state index contributed by atoms with van der Waals surface area (Å²) in [6.45, 7) is 0. The van der Waals surface area contributed by atoms with E-state index in [1.54, 1.807) is 24.3 Å². The molecule has 7 aromatic rings. The van der Waals surface area contributed by atoms with Crippen molar-refractivity contribution in [2.75, 3.05) is 0 Å². The maximum atomic E-state index is 14.1. The van der Waals surface area contributed by atoms with Crippen LogP contribution in [-0.4, -0.2) is 87.7 Å². The Balaban J connectivity index is 0.00000651. The van der Waals surface area contributed by atoms with E-state index < -0.39 is 40.1 Å². The van der Waals surface area contributed by atoms with Crippen LogP contribution in [0.3, 0.4) is 0 Å². The Morgan fingerprint density at radius 2 is 0.568 bits per heavy atom. The average molecular weight is 1220 g/mol. The largest absolute Gasteiger partial charge is 2.00 e. The Hall–Kier alpha value is -5.60. The molecule has 4 aromatic carbocycles. The molecule has 427 valence electrons. The summed E-state index contributed by atoms with van der Waals surface area (Å²) in [5, 5.41) is 1.41. The molecule has 5 heterocycles. The zero-order valence-electron chi connectivity index (χ0n) is 44.2. The minimum atomic E-state index is -4.04. The van der Waals surface area contributed by atoms with Gasteiger partial charge in [-0.1, -0.05) is 101 Å². The Bertz CT molecular complexity index is 4010. The van der Waals surface area contributed by atoms with Gasteiger partial charge in [-0.15, -0.1) is 0 Å². The molecule has 4 N–H and O–H groups in total. The third-order valence-electron chi connectivity index (χ3n) is 16.5. The molecule has 13 rings (SSSR count). The zero-order chi connectivity index (χ0) is 55.0. The van der Waals surface area contributed by atoms with Crippen molar-refractivity contribution in [2.24, 2.45) is 0 Å². The van der Waals surface area contributed by atoms with E-state index in [-0.39, 0.29) is 107 Å². The van der Waals surface area contributed by atoms with Gasteiger partial charge in [0.25, 0.3) is 0 Å². The molecule has 1 radical (unpaired) electrons.